The first-order valence-electron chi connectivity index (χ1n) is 11.0. The quantitative estimate of drug-likeness (QED) is 0.384. The van der Waals surface area contributed by atoms with Gasteiger partial charge in [-0.25, -0.2) is 14.4 Å². The number of hydrogen-bond donors (Lipinski definition) is 1. The molecule has 2 fully saturated rings. The number of anilines is 2. The van der Waals surface area contributed by atoms with Crippen LogP contribution in [-0.4, -0.2) is 48.7 Å². The molecular weight excluding hydrogens is 502 g/mol. The monoisotopic (exact) mass is 526 g/mol. The Balaban J connectivity index is 0.00000274. The standard InChI is InChI=1S/C24H25Cl2FN4O2.ClH/c1-31-9-14-5-13(6-15(14)10-31)11-33-21-8-19-16(7-20(21)32-2)24(29-12-28-19)30-18-4-3-17(25)22(26)23(18)27;/h3-4,7-8,12-15H,5-6,9-11H2,1-2H3,(H,28,29,30);1H/t13-,14-,15+;. The van der Waals surface area contributed by atoms with Crippen molar-refractivity contribution < 1.29 is 13.9 Å². The van der Waals surface area contributed by atoms with Crippen molar-refractivity contribution in [2.24, 2.45) is 17.8 Å². The number of halogens is 4. The molecular formula is C24H26Cl3FN4O2. The van der Waals surface area contributed by atoms with E-state index in [1.54, 1.807) is 13.2 Å². The Morgan fingerprint density at radius 3 is 2.56 bits per heavy atom. The highest BCUT2D eigenvalue weighted by Crippen LogP contribution is 2.42. The minimum absolute atomic E-state index is 0. The highest BCUT2D eigenvalue weighted by atomic mass is 35.5. The van der Waals surface area contributed by atoms with Crippen LogP contribution < -0.4 is 14.8 Å². The van der Waals surface area contributed by atoms with Crippen LogP contribution in [0.15, 0.2) is 30.6 Å². The van der Waals surface area contributed by atoms with E-state index in [-0.39, 0.29) is 28.1 Å². The van der Waals surface area contributed by atoms with Crippen molar-refractivity contribution in [1.82, 2.24) is 14.9 Å². The summed E-state index contributed by atoms with van der Waals surface area (Å²) in [5, 5.41) is 3.66. The number of benzene rings is 2. The molecule has 1 N–H and O–H groups in total. The predicted molar refractivity (Wildman–Crippen MR) is 136 cm³/mol. The van der Waals surface area contributed by atoms with Crippen molar-refractivity contribution in [2.75, 3.05) is 39.2 Å². The van der Waals surface area contributed by atoms with Crippen molar-refractivity contribution in [3.8, 4) is 11.5 Å². The van der Waals surface area contributed by atoms with E-state index in [0.29, 0.717) is 40.7 Å². The van der Waals surface area contributed by atoms with Gasteiger partial charge in [-0.15, -0.1) is 12.4 Å². The van der Waals surface area contributed by atoms with Gasteiger partial charge < -0.3 is 19.7 Å². The fraction of sp³-hybridized carbons (Fsp3) is 0.417. The van der Waals surface area contributed by atoms with Crippen LogP contribution in [0.2, 0.25) is 10.0 Å². The smallest absolute Gasteiger partial charge is 0.166 e. The number of hydrogen-bond acceptors (Lipinski definition) is 6. The van der Waals surface area contributed by atoms with Crippen molar-refractivity contribution in [3.05, 3.63) is 46.5 Å². The molecule has 1 saturated carbocycles. The normalized spacial score (nSPS) is 21.9. The van der Waals surface area contributed by atoms with E-state index in [9.17, 15) is 4.39 Å². The maximum atomic E-state index is 14.5. The van der Waals surface area contributed by atoms with Crippen molar-refractivity contribution in [3.63, 3.8) is 0 Å². The molecule has 1 aliphatic carbocycles. The Morgan fingerprint density at radius 2 is 1.85 bits per heavy atom. The Bertz CT molecular complexity index is 1180. The Kier molecular flexibility index (Phi) is 7.57. The molecule has 2 aliphatic rings. The van der Waals surface area contributed by atoms with E-state index in [4.69, 9.17) is 32.7 Å². The minimum Gasteiger partial charge on any atom is -0.493 e. The molecule has 3 aromatic rings. The third kappa shape index (κ3) is 4.85. The summed E-state index contributed by atoms with van der Waals surface area (Å²) in [5.74, 6) is 3.12. The van der Waals surface area contributed by atoms with E-state index in [2.05, 4.69) is 27.2 Å². The lowest BCUT2D eigenvalue weighted by molar-refractivity contribution is 0.227. The van der Waals surface area contributed by atoms with Crippen molar-refractivity contribution >= 4 is 58.0 Å². The molecule has 5 rings (SSSR count). The molecule has 1 aliphatic heterocycles. The van der Waals surface area contributed by atoms with Gasteiger partial charge in [0.25, 0.3) is 0 Å². The minimum atomic E-state index is -0.643. The number of ether oxygens (including phenoxy) is 2. The molecule has 3 atom stereocenters. The first kappa shape index (κ1) is 25.0. The van der Waals surface area contributed by atoms with Gasteiger partial charge in [0.15, 0.2) is 17.3 Å². The van der Waals surface area contributed by atoms with E-state index in [0.717, 1.165) is 11.8 Å². The number of rotatable bonds is 6. The van der Waals surface area contributed by atoms with Crippen LogP contribution in [-0.2, 0) is 0 Å². The van der Waals surface area contributed by atoms with Crippen LogP contribution in [0.3, 0.4) is 0 Å². The lowest BCUT2D eigenvalue weighted by atomic mass is 10.0. The summed E-state index contributed by atoms with van der Waals surface area (Å²) in [6.45, 7) is 3.03. The maximum Gasteiger partial charge on any atom is 0.166 e. The van der Waals surface area contributed by atoms with Crippen LogP contribution in [0.4, 0.5) is 15.9 Å². The fourth-order valence-corrected chi connectivity index (χ4v) is 5.50. The average Bonchev–Trinajstić information content (AvgIpc) is 3.34. The van der Waals surface area contributed by atoms with Gasteiger partial charge in [0.1, 0.15) is 12.1 Å². The zero-order chi connectivity index (χ0) is 23.1. The van der Waals surface area contributed by atoms with Gasteiger partial charge in [0.2, 0.25) is 0 Å². The van der Waals surface area contributed by atoms with Gasteiger partial charge in [0.05, 0.1) is 35.0 Å². The van der Waals surface area contributed by atoms with Gasteiger partial charge in [-0.2, -0.15) is 0 Å². The van der Waals surface area contributed by atoms with Gasteiger partial charge in [-0.3, -0.25) is 0 Å². The lowest BCUT2D eigenvalue weighted by Gasteiger charge is -2.17. The third-order valence-corrected chi connectivity index (χ3v) is 7.50. The SMILES string of the molecule is COc1cc2c(Nc3ccc(Cl)c(Cl)c3F)ncnc2cc1OC[C@@H]1C[C@@H]2CN(C)C[C@@H]2C1.Cl. The third-order valence-electron chi connectivity index (χ3n) is 6.71. The molecule has 2 aromatic carbocycles. The molecule has 2 heterocycles. The van der Waals surface area contributed by atoms with Crippen molar-refractivity contribution in [1.29, 1.82) is 0 Å². The van der Waals surface area contributed by atoms with Crippen LogP contribution in [0.25, 0.3) is 10.9 Å². The molecule has 0 bridgehead atoms. The van der Waals surface area contributed by atoms with Crippen LogP contribution in [0.1, 0.15) is 12.8 Å². The summed E-state index contributed by atoms with van der Waals surface area (Å²) in [6.07, 6.45) is 3.83. The molecule has 34 heavy (non-hydrogen) atoms. The highest BCUT2D eigenvalue weighted by molar-refractivity contribution is 6.42. The second-order valence-corrected chi connectivity index (χ2v) is 9.77. The second-order valence-electron chi connectivity index (χ2n) is 8.98. The summed E-state index contributed by atoms with van der Waals surface area (Å²) in [4.78, 5) is 11.1. The molecule has 10 heteroatoms. The molecule has 1 saturated heterocycles. The van der Waals surface area contributed by atoms with Gasteiger partial charge in [-0.05, 0) is 55.8 Å². The van der Waals surface area contributed by atoms with E-state index < -0.39 is 5.82 Å². The summed E-state index contributed by atoms with van der Waals surface area (Å²) in [6, 6.07) is 6.69. The van der Waals surface area contributed by atoms with E-state index in [1.807, 2.05) is 6.07 Å². The summed E-state index contributed by atoms with van der Waals surface area (Å²) >= 11 is 11.8. The summed E-state index contributed by atoms with van der Waals surface area (Å²) < 4.78 is 26.3. The zero-order valence-corrected chi connectivity index (χ0v) is 21.2. The largest absolute Gasteiger partial charge is 0.493 e. The van der Waals surface area contributed by atoms with E-state index >= 15 is 0 Å². The summed E-state index contributed by atoms with van der Waals surface area (Å²) in [7, 11) is 3.80. The second kappa shape index (κ2) is 10.3. The first-order valence-corrected chi connectivity index (χ1v) is 11.7. The number of likely N-dealkylation sites (tertiary alicyclic amines) is 1. The molecule has 0 amide bonds. The highest BCUT2D eigenvalue weighted by Gasteiger charge is 2.39. The zero-order valence-electron chi connectivity index (χ0n) is 18.9. The van der Waals surface area contributed by atoms with Crippen LogP contribution >= 0.6 is 35.6 Å². The molecule has 0 radical (unpaired) electrons. The van der Waals surface area contributed by atoms with Gasteiger partial charge >= 0.3 is 0 Å². The number of fused-ring (bicyclic) bond motifs is 2. The lowest BCUT2D eigenvalue weighted by Crippen LogP contribution is -2.18. The average molecular weight is 528 g/mol. The number of nitrogens with zero attached hydrogens (tertiary/aromatic N) is 3. The Hall–Kier alpha value is -2.06. The number of methoxy groups -OCH3 is 1. The molecule has 182 valence electrons. The number of nitrogens with one attached hydrogen (secondary N) is 1. The van der Waals surface area contributed by atoms with Crippen LogP contribution in [0, 0.1) is 23.6 Å². The van der Waals surface area contributed by atoms with E-state index in [1.165, 1.54) is 44.4 Å². The topological polar surface area (TPSA) is 59.5 Å². The summed E-state index contributed by atoms with van der Waals surface area (Å²) in [5.41, 5.74) is 0.829. The van der Waals surface area contributed by atoms with Gasteiger partial charge in [-0.1, -0.05) is 23.2 Å². The molecule has 0 spiro atoms. The Morgan fingerprint density at radius 1 is 1.12 bits per heavy atom. The fourth-order valence-electron chi connectivity index (χ4n) is 5.19. The van der Waals surface area contributed by atoms with Crippen molar-refractivity contribution in [2.45, 2.75) is 12.8 Å². The molecule has 1 aromatic heterocycles. The number of aromatic nitrogens is 2. The van der Waals surface area contributed by atoms with Crippen LogP contribution in [0.5, 0.6) is 11.5 Å². The predicted octanol–water partition coefficient (Wildman–Crippen LogP) is 6.22. The first-order chi connectivity index (χ1) is 15.9. The Labute approximate surface area is 214 Å². The maximum absolute atomic E-state index is 14.5. The molecule has 0 unspecified atom stereocenters. The van der Waals surface area contributed by atoms with Gasteiger partial charge in [0, 0.05) is 24.5 Å². The molecule has 6 nitrogen and oxygen atoms in total.